The average Bonchev–Trinajstić information content (AvgIpc) is 3.23. The molecular weight excluding hydrogens is 402 g/mol. The molecule has 9 heteroatoms. The van der Waals surface area contributed by atoms with Crippen molar-refractivity contribution in [3.63, 3.8) is 0 Å². The van der Waals surface area contributed by atoms with Gasteiger partial charge in [-0.1, -0.05) is 11.6 Å². The summed E-state index contributed by atoms with van der Waals surface area (Å²) < 4.78 is 10.5. The van der Waals surface area contributed by atoms with E-state index < -0.39 is 11.8 Å². The van der Waals surface area contributed by atoms with E-state index in [0.29, 0.717) is 36.2 Å². The van der Waals surface area contributed by atoms with Gasteiger partial charge in [-0.25, -0.2) is 0 Å². The standard InChI is InChI=1S/C19H22ClN3O4S/c1-26-17-3-2-14(10-15(17)20)22-19(25)18(24)21-11-16(13-4-9-28-12-13)23-5-7-27-8-6-23/h2-4,9-10,12,16H,5-8,11H2,1H3,(H,21,24)(H,22,25). The van der Waals surface area contributed by atoms with E-state index in [1.807, 2.05) is 11.4 Å². The maximum atomic E-state index is 12.3. The van der Waals surface area contributed by atoms with E-state index in [9.17, 15) is 9.59 Å². The highest BCUT2D eigenvalue weighted by atomic mass is 35.5. The highest BCUT2D eigenvalue weighted by Crippen LogP contribution is 2.27. The van der Waals surface area contributed by atoms with Gasteiger partial charge in [0.15, 0.2) is 0 Å². The molecular formula is C19H22ClN3O4S. The minimum Gasteiger partial charge on any atom is -0.495 e. The minimum atomic E-state index is -0.743. The molecule has 1 aliphatic rings. The highest BCUT2D eigenvalue weighted by Gasteiger charge is 2.24. The van der Waals surface area contributed by atoms with Gasteiger partial charge >= 0.3 is 11.8 Å². The van der Waals surface area contributed by atoms with E-state index in [1.54, 1.807) is 23.5 Å². The van der Waals surface area contributed by atoms with Crippen LogP contribution in [-0.4, -0.2) is 56.7 Å². The van der Waals surface area contributed by atoms with Crippen molar-refractivity contribution < 1.29 is 19.1 Å². The molecule has 2 heterocycles. The molecule has 0 spiro atoms. The molecule has 1 aliphatic heterocycles. The molecule has 1 unspecified atom stereocenters. The van der Waals surface area contributed by atoms with Crippen molar-refractivity contribution in [2.75, 3.05) is 45.3 Å². The van der Waals surface area contributed by atoms with Gasteiger partial charge in [0.25, 0.3) is 0 Å². The quantitative estimate of drug-likeness (QED) is 0.698. The van der Waals surface area contributed by atoms with E-state index in [-0.39, 0.29) is 6.04 Å². The number of morpholine rings is 1. The number of benzene rings is 1. The molecule has 1 fully saturated rings. The SMILES string of the molecule is COc1ccc(NC(=O)C(=O)NCC(c2ccsc2)N2CCOCC2)cc1Cl. The zero-order chi connectivity index (χ0) is 19.9. The number of halogens is 1. The van der Waals surface area contributed by atoms with Crippen LogP contribution in [0.4, 0.5) is 5.69 Å². The van der Waals surface area contributed by atoms with Crippen molar-refractivity contribution in [2.45, 2.75) is 6.04 Å². The lowest BCUT2D eigenvalue weighted by molar-refractivity contribution is -0.136. The molecule has 28 heavy (non-hydrogen) atoms. The fourth-order valence-electron chi connectivity index (χ4n) is 3.01. The lowest BCUT2D eigenvalue weighted by Crippen LogP contribution is -2.45. The summed E-state index contributed by atoms with van der Waals surface area (Å²) in [4.78, 5) is 26.8. The molecule has 2 amide bonds. The molecule has 0 radical (unpaired) electrons. The van der Waals surface area contributed by atoms with Gasteiger partial charge in [-0.15, -0.1) is 0 Å². The summed E-state index contributed by atoms with van der Waals surface area (Å²) in [6.07, 6.45) is 0. The molecule has 1 saturated heterocycles. The van der Waals surface area contributed by atoms with E-state index in [2.05, 4.69) is 20.9 Å². The molecule has 1 aromatic heterocycles. The van der Waals surface area contributed by atoms with Crippen molar-refractivity contribution in [1.82, 2.24) is 10.2 Å². The van der Waals surface area contributed by atoms with Crippen LogP contribution in [0.15, 0.2) is 35.0 Å². The summed E-state index contributed by atoms with van der Waals surface area (Å²) >= 11 is 7.65. The maximum absolute atomic E-state index is 12.3. The number of carbonyl (C=O) groups is 2. The summed E-state index contributed by atoms with van der Waals surface area (Å²) in [5.74, 6) is -0.944. The Morgan fingerprint density at radius 3 is 2.71 bits per heavy atom. The normalized spacial score (nSPS) is 15.6. The van der Waals surface area contributed by atoms with Crippen LogP contribution in [-0.2, 0) is 14.3 Å². The van der Waals surface area contributed by atoms with Crippen molar-refractivity contribution in [3.8, 4) is 5.75 Å². The summed E-state index contributed by atoms with van der Waals surface area (Å²) in [6.45, 7) is 3.23. The number of amides is 2. The molecule has 1 aromatic carbocycles. The van der Waals surface area contributed by atoms with E-state index in [1.165, 1.54) is 13.2 Å². The zero-order valence-electron chi connectivity index (χ0n) is 15.4. The van der Waals surface area contributed by atoms with Crippen LogP contribution in [0.5, 0.6) is 5.75 Å². The largest absolute Gasteiger partial charge is 0.495 e. The second-order valence-electron chi connectivity index (χ2n) is 6.23. The molecule has 0 bridgehead atoms. The van der Waals surface area contributed by atoms with Crippen molar-refractivity contribution in [2.24, 2.45) is 0 Å². The van der Waals surface area contributed by atoms with E-state index in [0.717, 1.165) is 18.7 Å². The number of nitrogens with one attached hydrogen (secondary N) is 2. The third-order valence-electron chi connectivity index (χ3n) is 4.49. The minimum absolute atomic E-state index is 0.00216. The lowest BCUT2D eigenvalue weighted by Gasteiger charge is -2.34. The Morgan fingerprint density at radius 1 is 1.29 bits per heavy atom. The molecule has 3 rings (SSSR count). The maximum Gasteiger partial charge on any atom is 0.313 e. The molecule has 7 nitrogen and oxygen atoms in total. The number of rotatable bonds is 6. The van der Waals surface area contributed by atoms with Crippen LogP contribution in [0.2, 0.25) is 5.02 Å². The van der Waals surface area contributed by atoms with Crippen LogP contribution in [0.1, 0.15) is 11.6 Å². The lowest BCUT2D eigenvalue weighted by atomic mass is 10.1. The average molecular weight is 424 g/mol. The van der Waals surface area contributed by atoms with Gasteiger partial charge in [-0.2, -0.15) is 11.3 Å². The first-order valence-corrected chi connectivity index (χ1v) is 10.2. The van der Waals surface area contributed by atoms with Crippen molar-refractivity contribution in [1.29, 1.82) is 0 Å². The van der Waals surface area contributed by atoms with E-state index in [4.69, 9.17) is 21.1 Å². The smallest absolute Gasteiger partial charge is 0.313 e. The van der Waals surface area contributed by atoms with Gasteiger partial charge < -0.3 is 20.1 Å². The van der Waals surface area contributed by atoms with Crippen LogP contribution >= 0.6 is 22.9 Å². The second-order valence-corrected chi connectivity index (χ2v) is 7.42. The number of hydrogen-bond acceptors (Lipinski definition) is 6. The molecule has 150 valence electrons. The number of anilines is 1. The highest BCUT2D eigenvalue weighted by molar-refractivity contribution is 7.08. The summed E-state index contributed by atoms with van der Waals surface area (Å²) in [7, 11) is 1.51. The molecule has 2 N–H and O–H groups in total. The number of methoxy groups -OCH3 is 1. The van der Waals surface area contributed by atoms with Gasteiger partial charge in [-0.3, -0.25) is 14.5 Å². The first kappa shape index (κ1) is 20.6. The third kappa shape index (κ3) is 5.23. The fourth-order valence-corrected chi connectivity index (χ4v) is 3.98. The zero-order valence-corrected chi connectivity index (χ0v) is 17.0. The first-order chi connectivity index (χ1) is 13.6. The van der Waals surface area contributed by atoms with Crippen LogP contribution < -0.4 is 15.4 Å². The number of thiophene rings is 1. The van der Waals surface area contributed by atoms with Gasteiger partial charge in [0.05, 0.1) is 31.4 Å². The van der Waals surface area contributed by atoms with Crippen LogP contribution in [0, 0.1) is 0 Å². The van der Waals surface area contributed by atoms with E-state index >= 15 is 0 Å². The Morgan fingerprint density at radius 2 is 2.07 bits per heavy atom. The number of hydrogen-bond donors (Lipinski definition) is 2. The third-order valence-corrected chi connectivity index (χ3v) is 5.48. The molecule has 2 aromatic rings. The monoisotopic (exact) mass is 423 g/mol. The van der Waals surface area contributed by atoms with Gasteiger partial charge in [0, 0.05) is 25.3 Å². The Hall–Kier alpha value is -2.13. The Kier molecular flexibility index (Phi) is 7.27. The van der Waals surface area contributed by atoms with Crippen molar-refractivity contribution >= 4 is 40.4 Å². The van der Waals surface area contributed by atoms with Gasteiger partial charge in [-0.05, 0) is 40.6 Å². The predicted octanol–water partition coefficient (Wildman–Crippen LogP) is 2.54. The fraction of sp³-hybridized carbons (Fsp3) is 0.368. The predicted molar refractivity (Wildman–Crippen MR) is 109 cm³/mol. The summed E-state index contributed by atoms with van der Waals surface area (Å²) in [5.41, 5.74) is 1.54. The topological polar surface area (TPSA) is 79.9 Å². The molecule has 0 aliphatic carbocycles. The summed E-state index contributed by atoms with van der Waals surface area (Å²) in [5, 5.41) is 9.71. The van der Waals surface area contributed by atoms with Crippen LogP contribution in [0.3, 0.4) is 0 Å². The van der Waals surface area contributed by atoms with Gasteiger partial charge in [0.2, 0.25) is 0 Å². The number of carbonyl (C=O) groups excluding carboxylic acids is 2. The first-order valence-electron chi connectivity index (χ1n) is 8.85. The summed E-state index contributed by atoms with van der Waals surface area (Å²) in [6, 6.07) is 6.82. The number of nitrogens with zero attached hydrogens (tertiary/aromatic N) is 1. The molecule has 0 saturated carbocycles. The molecule has 1 atom stereocenters. The Bertz CT molecular complexity index is 810. The van der Waals surface area contributed by atoms with Gasteiger partial charge in [0.1, 0.15) is 5.75 Å². The number of ether oxygens (including phenoxy) is 2. The second kappa shape index (κ2) is 9.88. The van der Waals surface area contributed by atoms with Crippen molar-refractivity contribution in [3.05, 3.63) is 45.6 Å². The Labute approximate surface area is 172 Å². The Balaban J connectivity index is 1.59. The van der Waals surface area contributed by atoms with Crippen LogP contribution in [0.25, 0.3) is 0 Å².